The molecule has 0 spiro atoms. The Morgan fingerprint density at radius 2 is 1.26 bits per heavy atom. The fourth-order valence-electron chi connectivity index (χ4n) is 3.89. The van der Waals surface area contributed by atoms with Gasteiger partial charge in [-0.25, -0.2) is 9.59 Å². The van der Waals surface area contributed by atoms with Gasteiger partial charge in [0, 0.05) is 28.6 Å². The highest BCUT2D eigenvalue weighted by Crippen LogP contribution is 2.30. The van der Waals surface area contributed by atoms with Gasteiger partial charge in [0.15, 0.2) is 11.6 Å². The van der Waals surface area contributed by atoms with Crippen molar-refractivity contribution in [2.75, 3.05) is 13.2 Å². The molecule has 180 valence electrons. The van der Waals surface area contributed by atoms with Crippen LogP contribution in [0.1, 0.15) is 61.9 Å². The van der Waals surface area contributed by atoms with E-state index in [0.717, 1.165) is 0 Å². The van der Waals surface area contributed by atoms with Gasteiger partial charge in [-0.2, -0.15) is 0 Å². The van der Waals surface area contributed by atoms with Crippen LogP contribution in [0, 0.1) is 13.8 Å². The number of carbonyl (C=O) groups is 4. The van der Waals surface area contributed by atoms with Gasteiger partial charge >= 0.3 is 11.9 Å². The molecule has 0 aliphatic rings. The number of ether oxygens (including phenoxy) is 2. The van der Waals surface area contributed by atoms with Gasteiger partial charge in [0.2, 0.25) is 0 Å². The first kappa shape index (κ1) is 25.4. The van der Waals surface area contributed by atoms with Crippen molar-refractivity contribution in [1.29, 1.82) is 0 Å². The highest BCUT2D eigenvalue weighted by Gasteiger charge is 2.32. The van der Waals surface area contributed by atoms with Crippen LogP contribution >= 0.6 is 0 Å². The second-order valence-electron chi connectivity index (χ2n) is 7.65. The van der Waals surface area contributed by atoms with Crippen molar-refractivity contribution in [3.8, 4) is 0 Å². The highest BCUT2D eigenvalue weighted by molar-refractivity contribution is 6.21. The molecule has 7 nitrogen and oxygen atoms in total. The van der Waals surface area contributed by atoms with Crippen molar-refractivity contribution in [1.82, 2.24) is 4.57 Å². The largest absolute Gasteiger partial charge is 0.462 e. The molecular formula is C28H27NO6. The number of hydrogen-bond donors (Lipinski definition) is 0. The van der Waals surface area contributed by atoms with Crippen molar-refractivity contribution in [3.05, 3.63) is 100 Å². The molecule has 3 aromatic rings. The van der Waals surface area contributed by atoms with Gasteiger partial charge in [0.05, 0.1) is 24.3 Å². The Balaban J connectivity index is 2.28. The molecule has 1 heterocycles. The van der Waals surface area contributed by atoms with Crippen LogP contribution in [0.15, 0.2) is 66.7 Å². The molecule has 0 atom stereocenters. The SMILES string of the molecule is CCOC(=O)/C(=C\C(=O)c1ccccc1)n1c(C)c(C(=O)OCC)c(C(=O)c2ccccc2)c1C. The summed E-state index contributed by atoms with van der Waals surface area (Å²) in [5, 5.41) is 0. The Bertz CT molecular complexity index is 1290. The van der Waals surface area contributed by atoms with Crippen LogP contribution in [0.2, 0.25) is 0 Å². The van der Waals surface area contributed by atoms with Gasteiger partial charge < -0.3 is 14.0 Å². The summed E-state index contributed by atoms with van der Waals surface area (Å²) in [5.41, 5.74) is 1.41. The quantitative estimate of drug-likeness (QED) is 0.252. The molecule has 3 rings (SSSR count). The predicted octanol–water partition coefficient (Wildman–Crippen LogP) is 4.80. The fourth-order valence-corrected chi connectivity index (χ4v) is 3.89. The minimum Gasteiger partial charge on any atom is -0.462 e. The van der Waals surface area contributed by atoms with E-state index in [1.165, 1.54) is 10.6 Å². The second-order valence-corrected chi connectivity index (χ2v) is 7.65. The average molecular weight is 474 g/mol. The van der Waals surface area contributed by atoms with Crippen molar-refractivity contribution in [3.63, 3.8) is 0 Å². The lowest BCUT2D eigenvalue weighted by atomic mass is 9.99. The van der Waals surface area contributed by atoms with Gasteiger partial charge in [0.25, 0.3) is 0 Å². The van der Waals surface area contributed by atoms with Crippen LogP contribution in [0.5, 0.6) is 0 Å². The number of rotatable bonds is 9. The van der Waals surface area contributed by atoms with Gasteiger partial charge in [-0.15, -0.1) is 0 Å². The first-order chi connectivity index (χ1) is 16.8. The maximum atomic E-state index is 13.5. The van der Waals surface area contributed by atoms with E-state index in [2.05, 4.69) is 0 Å². The van der Waals surface area contributed by atoms with E-state index < -0.39 is 23.5 Å². The number of ketones is 2. The summed E-state index contributed by atoms with van der Waals surface area (Å²) < 4.78 is 11.9. The third kappa shape index (κ3) is 5.30. The zero-order valence-corrected chi connectivity index (χ0v) is 20.2. The third-order valence-electron chi connectivity index (χ3n) is 5.44. The summed E-state index contributed by atoms with van der Waals surface area (Å²) in [4.78, 5) is 52.5. The van der Waals surface area contributed by atoms with E-state index in [-0.39, 0.29) is 30.0 Å². The van der Waals surface area contributed by atoms with Crippen molar-refractivity contribution in [2.45, 2.75) is 27.7 Å². The van der Waals surface area contributed by atoms with E-state index in [4.69, 9.17) is 9.47 Å². The van der Waals surface area contributed by atoms with Crippen LogP contribution in [-0.2, 0) is 14.3 Å². The Hall–Kier alpha value is -4.26. The van der Waals surface area contributed by atoms with Crippen LogP contribution < -0.4 is 0 Å². The zero-order valence-electron chi connectivity index (χ0n) is 20.2. The molecule has 0 bridgehead atoms. The van der Waals surface area contributed by atoms with Gasteiger partial charge in [-0.3, -0.25) is 9.59 Å². The van der Waals surface area contributed by atoms with Crippen molar-refractivity contribution in [2.24, 2.45) is 0 Å². The zero-order chi connectivity index (χ0) is 25.5. The van der Waals surface area contributed by atoms with Gasteiger partial charge in [-0.05, 0) is 27.7 Å². The van der Waals surface area contributed by atoms with E-state index in [0.29, 0.717) is 22.5 Å². The summed E-state index contributed by atoms with van der Waals surface area (Å²) in [6.45, 7) is 6.72. The van der Waals surface area contributed by atoms with Crippen LogP contribution in [0.25, 0.3) is 5.70 Å². The first-order valence-corrected chi connectivity index (χ1v) is 11.3. The second kappa shape index (κ2) is 11.2. The summed E-state index contributed by atoms with van der Waals surface area (Å²) in [5.74, 6) is -2.27. The van der Waals surface area contributed by atoms with E-state index in [1.54, 1.807) is 88.4 Å². The Kier molecular flexibility index (Phi) is 8.15. The molecule has 0 radical (unpaired) electrons. The molecule has 0 unspecified atom stereocenters. The summed E-state index contributed by atoms with van der Waals surface area (Å²) in [6.07, 6.45) is 1.17. The molecule has 0 aliphatic carbocycles. The van der Waals surface area contributed by atoms with Crippen LogP contribution in [0.4, 0.5) is 0 Å². The number of nitrogens with zero attached hydrogens (tertiary/aromatic N) is 1. The third-order valence-corrected chi connectivity index (χ3v) is 5.44. The Labute approximate surface area is 204 Å². The molecule has 0 fully saturated rings. The highest BCUT2D eigenvalue weighted by atomic mass is 16.5. The molecule has 0 aliphatic heterocycles. The summed E-state index contributed by atoms with van der Waals surface area (Å²) in [7, 11) is 0. The number of benzene rings is 2. The number of esters is 2. The number of aromatic nitrogens is 1. The normalized spacial score (nSPS) is 11.1. The van der Waals surface area contributed by atoms with E-state index in [9.17, 15) is 19.2 Å². The van der Waals surface area contributed by atoms with Gasteiger partial charge in [-0.1, -0.05) is 60.7 Å². The van der Waals surface area contributed by atoms with Crippen molar-refractivity contribution >= 4 is 29.2 Å². The molecule has 0 amide bonds. The summed E-state index contributed by atoms with van der Waals surface area (Å²) in [6, 6.07) is 17.0. The summed E-state index contributed by atoms with van der Waals surface area (Å²) >= 11 is 0. The van der Waals surface area contributed by atoms with Crippen molar-refractivity contribution < 1.29 is 28.7 Å². The monoisotopic (exact) mass is 473 g/mol. The standard InChI is InChI=1S/C28H27NO6/c1-5-34-27(32)22(17-23(30)20-13-9-7-10-14-20)29-18(3)24(25(19(29)4)28(33)35-6-2)26(31)21-15-11-8-12-16-21/h7-17H,5-6H2,1-4H3/b22-17+. The first-order valence-electron chi connectivity index (χ1n) is 11.3. The molecule has 2 aromatic carbocycles. The molecule has 7 heteroatoms. The van der Waals surface area contributed by atoms with Crippen LogP contribution in [0.3, 0.4) is 0 Å². The molecule has 1 aromatic heterocycles. The maximum Gasteiger partial charge on any atom is 0.355 e. The lowest BCUT2D eigenvalue weighted by Crippen LogP contribution is -2.17. The van der Waals surface area contributed by atoms with Gasteiger partial charge in [0.1, 0.15) is 5.70 Å². The lowest BCUT2D eigenvalue weighted by molar-refractivity contribution is -0.136. The Morgan fingerprint density at radius 1 is 0.743 bits per heavy atom. The molecule has 0 N–H and O–H groups in total. The lowest BCUT2D eigenvalue weighted by Gasteiger charge is -2.13. The van der Waals surface area contributed by atoms with E-state index in [1.807, 2.05) is 0 Å². The minimum absolute atomic E-state index is 0.0422. The molecular weight excluding hydrogens is 446 g/mol. The average Bonchev–Trinajstić information content (AvgIpc) is 3.13. The van der Waals surface area contributed by atoms with Crippen LogP contribution in [-0.4, -0.2) is 41.3 Å². The number of allylic oxidation sites excluding steroid dienone is 1. The smallest absolute Gasteiger partial charge is 0.355 e. The minimum atomic E-state index is -0.757. The predicted molar refractivity (Wildman–Crippen MR) is 131 cm³/mol. The Morgan fingerprint density at radius 3 is 1.80 bits per heavy atom. The molecule has 35 heavy (non-hydrogen) atoms. The number of hydrogen-bond acceptors (Lipinski definition) is 6. The fraction of sp³-hybridized carbons (Fsp3) is 0.214. The topological polar surface area (TPSA) is 91.7 Å². The number of carbonyl (C=O) groups excluding carboxylic acids is 4. The van der Waals surface area contributed by atoms with E-state index >= 15 is 0 Å². The maximum absolute atomic E-state index is 13.5. The molecule has 0 saturated heterocycles. The molecule has 0 saturated carbocycles.